The Morgan fingerprint density at radius 2 is 1.63 bits per heavy atom. The molecular formula is C32H52F3N5O3. The van der Waals surface area contributed by atoms with Crippen LogP contribution in [0.1, 0.15) is 85.0 Å². The van der Waals surface area contributed by atoms with Gasteiger partial charge in [-0.3, -0.25) is 14.4 Å². The van der Waals surface area contributed by atoms with E-state index in [4.69, 9.17) is 0 Å². The van der Waals surface area contributed by atoms with Gasteiger partial charge in [-0.25, -0.2) is 0 Å². The van der Waals surface area contributed by atoms with Crippen LogP contribution >= 0.6 is 0 Å². The molecule has 0 aromatic carbocycles. The first-order valence-corrected chi connectivity index (χ1v) is 16.7. The summed E-state index contributed by atoms with van der Waals surface area (Å²) in [7, 11) is 1.94. The summed E-state index contributed by atoms with van der Waals surface area (Å²) in [6.45, 7) is 8.01. The third-order valence-electron chi connectivity index (χ3n) is 11.7. The monoisotopic (exact) mass is 611 g/mol. The highest BCUT2D eigenvalue weighted by Crippen LogP contribution is 2.45. The van der Waals surface area contributed by atoms with Gasteiger partial charge >= 0.3 is 6.18 Å². The number of halogens is 3. The molecule has 0 aromatic heterocycles. The van der Waals surface area contributed by atoms with E-state index in [0.717, 1.165) is 32.2 Å². The number of amides is 3. The van der Waals surface area contributed by atoms with Crippen molar-refractivity contribution in [1.29, 1.82) is 0 Å². The number of rotatable bonds is 5. The maximum absolute atomic E-state index is 14.1. The number of fused-ring (bicyclic) bond motifs is 1. The standard InChI is InChI=1S/C32H52F3N5O3/c1-18-5-6-25(16-27(18)28-14-22-17-36-19(2)11-29(22)39(4)31(28)43)38-30(42)21-12-23(32(33,34)35)15-26(13-21)40-9-7-24(8-10-40)37-20(3)41/h18-19,21-29,36H,5-17H2,1-4H3,(H,37,41)(H,38,42). The van der Waals surface area contributed by atoms with Gasteiger partial charge < -0.3 is 25.8 Å². The number of carbonyl (C=O) groups excluding carboxylic acids is 3. The lowest BCUT2D eigenvalue weighted by Gasteiger charge is -2.50. The van der Waals surface area contributed by atoms with Crippen molar-refractivity contribution in [3.8, 4) is 0 Å². The summed E-state index contributed by atoms with van der Waals surface area (Å²) in [5.41, 5.74) is 0. The molecular weight excluding hydrogens is 559 g/mol. The quantitative estimate of drug-likeness (QED) is 0.441. The lowest BCUT2D eigenvalue weighted by atomic mass is 9.65. The molecule has 8 nitrogen and oxygen atoms in total. The van der Waals surface area contributed by atoms with Crippen molar-refractivity contribution >= 4 is 17.7 Å². The summed E-state index contributed by atoms with van der Waals surface area (Å²) >= 11 is 0. The first-order valence-electron chi connectivity index (χ1n) is 16.7. The van der Waals surface area contributed by atoms with Gasteiger partial charge in [0, 0.05) is 75.7 Å². The van der Waals surface area contributed by atoms with Crippen LogP contribution in [0.15, 0.2) is 0 Å². The predicted molar refractivity (Wildman–Crippen MR) is 158 cm³/mol. The maximum Gasteiger partial charge on any atom is 0.391 e. The van der Waals surface area contributed by atoms with Crippen LogP contribution in [-0.4, -0.2) is 90.6 Å². The topological polar surface area (TPSA) is 93.8 Å². The van der Waals surface area contributed by atoms with E-state index in [-0.39, 0.29) is 66.6 Å². The van der Waals surface area contributed by atoms with Crippen molar-refractivity contribution in [2.45, 2.75) is 121 Å². The van der Waals surface area contributed by atoms with E-state index in [1.165, 1.54) is 6.92 Å². The molecule has 2 saturated carbocycles. The van der Waals surface area contributed by atoms with E-state index >= 15 is 0 Å². The number of likely N-dealkylation sites (tertiary alicyclic amines) is 2. The molecule has 43 heavy (non-hydrogen) atoms. The fraction of sp³-hybridized carbons (Fsp3) is 0.906. The minimum Gasteiger partial charge on any atom is -0.354 e. The van der Waals surface area contributed by atoms with Crippen molar-refractivity contribution in [2.24, 2.45) is 35.5 Å². The summed E-state index contributed by atoms with van der Waals surface area (Å²) in [4.78, 5) is 42.7. The summed E-state index contributed by atoms with van der Waals surface area (Å²) in [6, 6.07) is 0.298. The minimum atomic E-state index is -4.34. The van der Waals surface area contributed by atoms with Gasteiger partial charge in [0.1, 0.15) is 0 Å². The van der Waals surface area contributed by atoms with Gasteiger partial charge in [0.05, 0.1) is 5.92 Å². The zero-order valence-corrected chi connectivity index (χ0v) is 26.3. The van der Waals surface area contributed by atoms with Gasteiger partial charge in [0.2, 0.25) is 17.7 Å². The van der Waals surface area contributed by atoms with E-state index in [9.17, 15) is 27.6 Å². The van der Waals surface area contributed by atoms with Crippen LogP contribution in [0.25, 0.3) is 0 Å². The number of alkyl halides is 3. The minimum absolute atomic E-state index is 0.0220. The molecule has 244 valence electrons. The SMILES string of the molecule is CC(=O)NC1CCN(C2CC(C(=O)NC3CCC(C)C(C4CC5CNC(C)CC5N(C)C4=O)C3)CC(C(F)(F)F)C2)CC1. The predicted octanol–water partition coefficient (Wildman–Crippen LogP) is 3.70. The summed E-state index contributed by atoms with van der Waals surface area (Å²) < 4.78 is 42.2. The summed E-state index contributed by atoms with van der Waals surface area (Å²) in [5.74, 6) is -1.46. The number of piperidine rings is 3. The largest absolute Gasteiger partial charge is 0.391 e. The summed E-state index contributed by atoms with van der Waals surface area (Å²) in [6.07, 6.45) is 1.57. The second kappa shape index (κ2) is 13.2. The maximum atomic E-state index is 14.1. The first kappa shape index (κ1) is 32.5. The molecule has 0 spiro atoms. The first-order chi connectivity index (χ1) is 20.3. The number of hydrogen-bond acceptors (Lipinski definition) is 5. The van der Waals surface area contributed by atoms with Crippen molar-refractivity contribution in [1.82, 2.24) is 25.8 Å². The van der Waals surface area contributed by atoms with E-state index in [0.29, 0.717) is 56.7 Å². The second-order valence-corrected chi connectivity index (χ2v) is 14.6. The van der Waals surface area contributed by atoms with Crippen molar-refractivity contribution < 1.29 is 27.6 Å². The highest BCUT2D eigenvalue weighted by molar-refractivity contribution is 5.81. The molecule has 0 radical (unpaired) electrons. The van der Waals surface area contributed by atoms with Gasteiger partial charge in [-0.05, 0) is 88.9 Å². The Labute approximate surface area is 254 Å². The Hall–Kier alpha value is -1.88. The third kappa shape index (κ3) is 7.51. The molecule has 5 aliphatic rings. The molecule has 10 unspecified atom stereocenters. The molecule has 2 aliphatic carbocycles. The number of nitrogens with one attached hydrogen (secondary N) is 3. The fourth-order valence-electron chi connectivity index (χ4n) is 9.18. The molecule has 11 heteroatoms. The second-order valence-electron chi connectivity index (χ2n) is 14.6. The average molecular weight is 612 g/mol. The van der Waals surface area contributed by atoms with Crippen molar-refractivity contribution in [2.75, 3.05) is 26.7 Å². The lowest BCUT2D eigenvalue weighted by molar-refractivity contribution is -0.192. The number of nitrogens with zero attached hydrogens (tertiary/aromatic N) is 2. The molecule has 5 fully saturated rings. The zero-order chi connectivity index (χ0) is 31.1. The van der Waals surface area contributed by atoms with E-state index in [1.54, 1.807) is 0 Å². The fourth-order valence-corrected chi connectivity index (χ4v) is 9.18. The third-order valence-corrected chi connectivity index (χ3v) is 11.7. The smallest absolute Gasteiger partial charge is 0.354 e. The van der Waals surface area contributed by atoms with Gasteiger partial charge in [0.15, 0.2) is 0 Å². The molecule has 0 bridgehead atoms. The van der Waals surface area contributed by atoms with Crippen LogP contribution in [0.2, 0.25) is 0 Å². The Kier molecular flexibility index (Phi) is 10.0. The van der Waals surface area contributed by atoms with Crippen LogP contribution in [0.3, 0.4) is 0 Å². The van der Waals surface area contributed by atoms with Gasteiger partial charge in [0.25, 0.3) is 0 Å². The normalized spacial score (nSPS) is 40.1. The zero-order valence-electron chi connectivity index (χ0n) is 26.3. The highest BCUT2D eigenvalue weighted by atomic mass is 19.4. The van der Waals surface area contributed by atoms with E-state index in [2.05, 4.69) is 34.7 Å². The summed E-state index contributed by atoms with van der Waals surface area (Å²) in [5, 5.41) is 9.68. The molecule has 3 N–H and O–H groups in total. The Bertz CT molecular complexity index is 1020. The molecule has 3 heterocycles. The van der Waals surface area contributed by atoms with Gasteiger partial charge in [-0.15, -0.1) is 0 Å². The molecule has 3 saturated heterocycles. The molecule has 5 rings (SSSR count). The van der Waals surface area contributed by atoms with E-state index in [1.807, 2.05) is 11.9 Å². The molecule has 0 aromatic rings. The van der Waals surface area contributed by atoms with Crippen molar-refractivity contribution in [3.63, 3.8) is 0 Å². The highest BCUT2D eigenvalue weighted by Gasteiger charge is 2.49. The number of hydrogen-bond donors (Lipinski definition) is 3. The van der Waals surface area contributed by atoms with Crippen LogP contribution < -0.4 is 16.0 Å². The number of carbonyl (C=O) groups is 3. The van der Waals surface area contributed by atoms with Crippen LogP contribution in [0, 0.1) is 35.5 Å². The van der Waals surface area contributed by atoms with E-state index < -0.39 is 18.0 Å². The molecule has 3 aliphatic heterocycles. The van der Waals surface area contributed by atoms with Gasteiger partial charge in [-0.1, -0.05) is 6.92 Å². The van der Waals surface area contributed by atoms with Crippen LogP contribution in [0.4, 0.5) is 13.2 Å². The Morgan fingerprint density at radius 1 is 0.907 bits per heavy atom. The van der Waals surface area contributed by atoms with Crippen LogP contribution in [0.5, 0.6) is 0 Å². The molecule has 10 atom stereocenters. The van der Waals surface area contributed by atoms with Crippen LogP contribution in [-0.2, 0) is 14.4 Å². The average Bonchev–Trinajstić information content (AvgIpc) is 2.95. The lowest BCUT2D eigenvalue weighted by Crippen LogP contribution is -2.60. The molecule has 3 amide bonds. The van der Waals surface area contributed by atoms with Gasteiger partial charge in [-0.2, -0.15) is 13.2 Å². The Morgan fingerprint density at radius 3 is 2.30 bits per heavy atom. The van der Waals surface area contributed by atoms with Crippen molar-refractivity contribution in [3.05, 3.63) is 0 Å². The Balaban J connectivity index is 1.21.